The Bertz CT molecular complexity index is 568. The molecule has 4 nitrogen and oxygen atoms in total. The third-order valence-corrected chi connectivity index (χ3v) is 3.83. The van der Waals surface area contributed by atoms with Crippen molar-refractivity contribution in [3.63, 3.8) is 0 Å². The van der Waals surface area contributed by atoms with Crippen LogP contribution in [0.3, 0.4) is 0 Å². The van der Waals surface area contributed by atoms with Crippen LogP contribution in [-0.4, -0.2) is 15.7 Å². The van der Waals surface area contributed by atoms with Crippen LogP contribution in [0.4, 0.5) is 5.69 Å². The molecule has 1 N–H and O–H groups in total. The van der Waals surface area contributed by atoms with E-state index in [1.54, 1.807) is 4.68 Å². The molecule has 2 aromatic heterocycles. The summed E-state index contributed by atoms with van der Waals surface area (Å²) in [4.78, 5) is 12.8. The van der Waals surface area contributed by atoms with E-state index < -0.39 is 0 Å². The van der Waals surface area contributed by atoms with E-state index in [2.05, 4.69) is 10.4 Å². The molecule has 5 heteroatoms. The van der Waals surface area contributed by atoms with Gasteiger partial charge in [-0.25, -0.2) is 0 Å². The van der Waals surface area contributed by atoms with Crippen molar-refractivity contribution in [1.29, 1.82) is 0 Å². The van der Waals surface area contributed by atoms with Gasteiger partial charge in [0.15, 0.2) is 0 Å². The van der Waals surface area contributed by atoms with E-state index in [4.69, 9.17) is 0 Å². The Morgan fingerprint density at radius 2 is 2.12 bits per heavy atom. The second kappa shape index (κ2) is 4.33. The van der Waals surface area contributed by atoms with Crippen LogP contribution in [0.2, 0.25) is 0 Å². The summed E-state index contributed by atoms with van der Waals surface area (Å²) in [5, 5.41) is 9.13. The number of carbonyl (C=O) groups excluding carboxylic acids is 1. The summed E-state index contributed by atoms with van der Waals surface area (Å²) >= 11 is 1.46. The van der Waals surface area contributed by atoms with Gasteiger partial charge in [0.2, 0.25) is 0 Å². The minimum Gasteiger partial charge on any atom is -0.318 e. The lowest BCUT2D eigenvalue weighted by molar-refractivity contribution is 0.103. The van der Waals surface area contributed by atoms with Gasteiger partial charge < -0.3 is 5.32 Å². The summed E-state index contributed by atoms with van der Waals surface area (Å²) in [6.45, 7) is 5.77. The zero-order chi connectivity index (χ0) is 12.6. The van der Waals surface area contributed by atoms with E-state index in [-0.39, 0.29) is 5.91 Å². The maximum absolute atomic E-state index is 12.1. The Labute approximate surface area is 104 Å². The fourth-order valence-electron chi connectivity index (χ4n) is 1.73. The molecule has 0 aliphatic carbocycles. The van der Waals surface area contributed by atoms with E-state index in [9.17, 15) is 4.79 Å². The Morgan fingerprint density at radius 1 is 1.41 bits per heavy atom. The molecule has 0 saturated heterocycles. The largest absolute Gasteiger partial charge is 0.318 e. The zero-order valence-corrected chi connectivity index (χ0v) is 11.2. The van der Waals surface area contributed by atoms with Crippen molar-refractivity contribution in [2.24, 2.45) is 7.05 Å². The van der Waals surface area contributed by atoms with Crippen molar-refractivity contribution >= 4 is 22.9 Å². The standard InChI is InChI=1S/C12H15N3OS/c1-7-5-6-17-11(7)12(16)13-10-8(2)14-15(4)9(10)3/h5-6H,1-4H3,(H,13,16). The predicted octanol–water partition coefficient (Wildman–Crippen LogP) is 2.66. The van der Waals surface area contributed by atoms with Gasteiger partial charge in [0.25, 0.3) is 5.91 Å². The molecule has 0 spiro atoms. The molecule has 0 aromatic carbocycles. The second-order valence-electron chi connectivity index (χ2n) is 4.06. The van der Waals surface area contributed by atoms with Crippen molar-refractivity contribution in [3.05, 3.63) is 33.3 Å². The molecular formula is C12H15N3OS. The molecule has 0 radical (unpaired) electrons. The molecule has 17 heavy (non-hydrogen) atoms. The number of hydrogen-bond acceptors (Lipinski definition) is 3. The highest BCUT2D eigenvalue weighted by Gasteiger charge is 2.15. The van der Waals surface area contributed by atoms with Crippen LogP contribution in [0.1, 0.15) is 26.6 Å². The Morgan fingerprint density at radius 3 is 2.59 bits per heavy atom. The first-order valence-corrected chi connectivity index (χ1v) is 6.24. The van der Waals surface area contributed by atoms with E-state index in [0.29, 0.717) is 0 Å². The molecule has 2 aromatic rings. The topological polar surface area (TPSA) is 46.9 Å². The minimum atomic E-state index is -0.0586. The van der Waals surface area contributed by atoms with E-state index in [1.165, 1.54) is 11.3 Å². The van der Waals surface area contributed by atoms with Crippen LogP contribution in [0.25, 0.3) is 0 Å². The first-order chi connectivity index (χ1) is 8.00. The molecule has 0 unspecified atom stereocenters. The summed E-state index contributed by atoms with van der Waals surface area (Å²) < 4.78 is 1.77. The number of aryl methyl sites for hydroxylation is 3. The first-order valence-electron chi connectivity index (χ1n) is 5.36. The SMILES string of the molecule is Cc1ccsc1C(=O)Nc1c(C)nn(C)c1C. The maximum Gasteiger partial charge on any atom is 0.266 e. The first kappa shape index (κ1) is 11.9. The van der Waals surface area contributed by atoms with Crippen LogP contribution in [0.15, 0.2) is 11.4 Å². The predicted molar refractivity (Wildman–Crippen MR) is 69.7 cm³/mol. The van der Waals surface area contributed by atoms with Crippen LogP contribution in [-0.2, 0) is 7.05 Å². The second-order valence-corrected chi connectivity index (χ2v) is 4.97. The lowest BCUT2D eigenvalue weighted by Gasteiger charge is -2.04. The molecule has 2 heterocycles. The molecule has 0 aliphatic rings. The number of carbonyl (C=O) groups is 1. The van der Waals surface area contributed by atoms with Gasteiger partial charge in [-0.2, -0.15) is 5.10 Å². The van der Waals surface area contributed by atoms with Crippen LogP contribution in [0, 0.1) is 20.8 Å². The molecule has 0 saturated carbocycles. The van der Waals surface area contributed by atoms with Gasteiger partial charge in [-0.05, 0) is 37.8 Å². The lowest BCUT2D eigenvalue weighted by atomic mass is 10.2. The third kappa shape index (κ3) is 2.10. The third-order valence-electron chi connectivity index (χ3n) is 2.82. The number of rotatable bonds is 2. The molecule has 90 valence electrons. The Balaban J connectivity index is 2.28. The normalized spacial score (nSPS) is 10.6. The quantitative estimate of drug-likeness (QED) is 0.889. The highest BCUT2D eigenvalue weighted by Crippen LogP contribution is 2.22. The van der Waals surface area contributed by atoms with Crippen molar-refractivity contribution in [1.82, 2.24) is 9.78 Å². The van der Waals surface area contributed by atoms with Crippen LogP contribution < -0.4 is 5.32 Å². The average molecular weight is 249 g/mol. The van der Waals surface area contributed by atoms with Gasteiger partial charge in [-0.3, -0.25) is 9.48 Å². The van der Waals surface area contributed by atoms with Gasteiger partial charge in [0, 0.05) is 7.05 Å². The number of nitrogens with zero attached hydrogens (tertiary/aromatic N) is 2. The van der Waals surface area contributed by atoms with Crippen molar-refractivity contribution in [3.8, 4) is 0 Å². The van der Waals surface area contributed by atoms with Crippen molar-refractivity contribution in [2.45, 2.75) is 20.8 Å². The fourth-order valence-corrected chi connectivity index (χ4v) is 2.55. The minimum absolute atomic E-state index is 0.0586. The van der Waals surface area contributed by atoms with Crippen LogP contribution in [0.5, 0.6) is 0 Å². The number of aromatic nitrogens is 2. The number of amides is 1. The number of thiophene rings is 1. The van der Waals surface area contributed by atoms with E-state index in [0.717, 1.165) is 27.5 Å². The summed E-state index contributed by atoms with van der Waals surface area (Å²) in [5.74, 6) is -0.0586. The lowest BCUT2D eigenvalue weighted by Crippen LogP contribution is -2.12. The smallest absolute Gasteiger partial charge is 0.266 e. The monoisotopic (exact) mass is 249 g/mol. The molecular weight excluding hydrogens is 234 g/mol. The van der Waals surface area contributed by atoms with Gasteiger partial charge in [-0.15, -0.1) is 11.3 Å². The summed E-state index contributed by atoms with van der Waals surface area (Å²) in [6, 6.07) is 1.95. The molecule has 0 fully saturated rings. The van der Waals surface area contributed by atoms with Gasteiger partial charge in [0.05, 0.1) is 22.0 Å². The molecule has 2 rings (SSSR count). The van der Waals surface area contributed by atoms with Crippen LogP contribution >= 0.6 is 11.3 Å². The van der Waals surface area contributed by atoms with Gasteiger partial charge in [-0.1, -0.05) is 0 Å². The zero-order valence-electron chi connectivity index (χ0n) is 10.4. The number of hydrogen-bond donors (Lipinski definition) is 1. The highest BCUT2D eigenvalue weighted by atomic mass is 32.1. The highest BCUT2D eigenvalue weighted by molar-refractivity contribution is 7.12. The Hall–Kier alpha value is -1.62. The van der Waals surface area contributed by atoms with Gasteiger partial charge >= 0.3 is 0 Å². The maximum atomic E-state index is 12.1. The summed E-state index contributed by atoms with van der Waals surface area (Å²) in [6.07, 6.45) is 0. The van der Waals surface area contributed by atoms with E-state index in [1.807, 2.05) is 39.3 Å². The molecule has 1 amide bonds. The Kier molecular flexibility index (Phi) is 3.02. The number of anilines is 1. The van der Waals surface area contributed by atoms with Crippen molar-refractivity contribution < 1.29 is 4.79 Å². The summed E-state index contributed by atoms with van der Waals surface area (Å²) in [7, 11) is 1.87. The molecule has 0 atom stereocenters. The van der Waals surface area contributed by atoms with Crippen molar-refractivity contribution in [2.75, 3.05) is 5.32 Å². The molecule has 0 bridgehead atoms. The van der Waals surface area contributed by atoms with E-state index >= 15 is 0 Å². The fraction of sp³-hybridized carbons (Fsp3) is 0.333. The van der Waals surface area contributed by atoms with Gasteiger partial charge in [0.1, 0.15) is 0 Å². The average Bonchev–Trinajstić information content (AvgIpc) is 2.78. The summed E-state index contributed by atoms with van der Waals surface area (Å²) in [5.41, 5.74) is 3.62. The number of nitrogens with one attached hydrogen (secondary N) is 1. The molecule has 0 aliphatic heterocycles.